The van der Waals surface area contributed by atoms with E-state index in [0.717, 1.165) is 12.1 Å². The normalized spacial score (nSPS) is 11.4. The largest absolute Gasteiger partial charge is 0.497 e. The van der Waals surface area contributed by atoms with E-state index in [0.29, 0.717) is 11.8 Å². The molecule has 134 valence electrons. The molecule has 0 saturated heterocycles. The number of hydrogen-bond acceptors (Lipinski definition) is 3. The van der Waals surface area contributed by atoms with Crippen molar-refractivity contribution >= 4 is 16.7 Å². The van der Waals surface area contributed by atoms with Gasteiger partial charge >= 0.3 is 12.1 Å². The molecule has 7 heteroatoms. The third-order valence-electron chi connectivity index (χ3n) is 3.77. The Morgan fingerprint density at radius 1 is 0.923 bits per heavy atom. The summed E-state index contributed by atoms with van der Waals surface area (Å²) in [6.45, 7) is 0. The summed E-state index contributed by atoms with van der Waals surface area (Å²) in [5.74, 6) is -1.34. The molecule has 0 aliphatic carbocycles. The SMILES string of the molecule is COc1ccc(C(=O)Oc2ccc3c(F)c(C(F)(F)F)ccc3c2)cc1. The second kappa shape index (κ2) is 6.67. The first-order valence-corrected chi connectivity index (χ1v) is 7.45. The molecule has 0 heterocycles. The molecular weight excluding hydrogens is 352 g/mol. The minimum atomic E-state index is -4.78. The van der Waals surface area contributed by atoms with Gasteiger partial charge in [0.25, 0.3) is 0 Å². The number of ether oxygens (including phenoxy) is 2. The van der Waals surface area contributed by atoms with E-state index < -0.39 is 23.5 Å². The van der Waals surface area contributed by atoms with Gasteiger partial charge in [0, 0.05) is 5.39 Å². The van der Waals surface area contributed by atoms with Crippen LogP contribution in [0.15, 0.2) is 54.6 Å². The number of methoxy groups -OCH3 is 1. The Hall–Kier alpha value is -3.09. The highest BCUT2D eigenvalue weighted by Crippen LogP contribution is 2.35. The number of halogens is 4. The fourth-order valence-electron chi connectivity index (χ4n) is 2.45. The average molecular weight is 364 g/mol. The van der Waals surface area contributed by atoms with Gasteiger partial charge in [0.2, 0.25) is 0 Å². The van der Waals surface area contributed by atoms with Crippen LogP contribution in [0.4, 0.5) is 17.6 Å². The first-order valence-electron chi connectivity index (χ1n) is 7.45. The molecule has 0 fully saturated rings. The van der Waals surface area contributed by atoms with Gasteiger partial charge in [0.1, 0.15) is 17.3 Å². The van der Waals surface area contributed by atoms with Gasteiger partial charge in [-0.05, 0) is 53.9 Å². The smallest absolute Gasteiger partial charge is 0.419 e. The summed E-state index contributed by atoms with van der Waals surface area (Å²) in [6, 6.07) is 11.7. The number of carbonyl (C=O) groups excluding carboxylic acids is 1. The van der Waals surface area contributed by atoms with Crippen molar-refractivity contribution in [3.8, 4) is 11.5 Å². The molecule has 0 aliphatic heterocycles. The molecule has 26 heavy (non-hydrogen) atoms. The number of alkyl halides is 3. The van der Waals surface area contributed by atoms with E-state index >= 15 is 0 Å². The van der Waals surface area contributed by atoms with Crippen molar-refractivity contribution in [3.63, 3.8) is 0 Å². The summed E-state index contributed by atoms with van der Waals surface area (Å²) >= 11 is 0. The van der Waals surface area contributed by atoms with Crippen LogP contribution in [0.1, 0.15) is 15.9 Å². The molecule has 0 aliphatic rings. The Morgan fingerprint density at radius 3 is 2.19 bits per heavy atom. The molecule has 0 amide bonds. The van der Waals surface area contributed by atoms with Crippen molar-refractivity contribution in [1.29, 1.82) is 0 Å². The molecule has 0 spiro atoms. The van der Waals surface area contributed by atoms with Crippen molar-refractivity contribution in [2.75, 3.05) is 7.11 Å². The monoisotopic (exact) mass is 364 g/mol. The third kappa shape index (κ3) is 3.46. The standard InChI is InChI=1S/C19H12F4O3/c1-25-13-5-2-11(3-6-13)18(24)26-14-7-8-15-12(10-14)4-9-16(17(15)20)19(21,22)23/h2-10H,1H3. The van der Waals surface area contributed by atoms with Gasteiger partial charge in [-0.1, -0.05) is 6.07 Å². The number of benzene rings is 3. The summed E-state index contributed by atoms with van der Waals surface area (Å²) < 4.78 is 62.5. The zero-order valence-corrected chi connectivity index (χ0v) is 13.4. The van der Waals surface area contributed by atoms with Crippen LogP contribution < -0.4 is 9.47 Å². The first kappa shape index (κ1) is 17.7. The number of fused-ring (bicyclic) bond motifs is 1. The topological polar surface area (TPSA) is 35.5 Å². The number of carbonyl (C=O) groups is 1. The average Bonchev–Trinajstić information content (AvgIpc) is 2.61. The van der Waals surface area contributed by atoms with Crippen LogP contribution in [0.3, 0.4) is 0 Å². The number of esters is 1. The summed E-state index contributed by atoms with van der Waals surface area (Å²) in [6.07, 6.45) is -4.78. The van der Waals surface area contributed by atoms with Crippen molar-refractivity contribution in [3.05, 3.63) is 71.5 Å². The molecule has 3 rings (SSSR count). The Labute approximate surface area is 145 Å². The Morgan fingerprint density at radius 2 is 1.58 bits per heavy atom. The molecule has 3 aromatic rings. The Balaban J connectivity index is 1.88. The maximum Gasteiger partial charge on any atom is 0.419 e. The van der Waals surface area contributed by atoms with Gasteiger partial charge in [-0.3, -0.25) is 0 Å². The van der Waals surface area contributed by atoms with Crippen molar-refractivity contribution in [2.45, 2.75) is 6.18 Å². The number of rotatable bonds is 3. The van der Waals surface area contributed by atoms with Crippen LogP contribution >= 0.6 is 0 Å². The van der Waals surface area contributed by atoms with Gasteiger partial charge in [0.05, 0.1) is 18.2 Å². The second-order valence-corrected chi connectivity index (χ2v) is 5.43. The van der Waals surface area contributed by atoms with Gasteiger partial charge in [-0.25, -0.2) is 9.18 Å². The molecule has 0 bridgehead atoms. The summed E-state index contributed by atoms with van der Waals surface area (Å²) in [5.41, 5.74) is -1.07. The van der Waals surface area contributed by atoms with Gasteiger partial charge in [-0.15, -0.1) is 0 Å². The molecule has 0 radical (unpaired) electrons. The maximum absolute atomic E-state index is 14.1. The third-order valence-corrected chi connectivity index (χ3v) is 3.77. The zero-order chi connectivity index (χ0) is 18.9. The van der Waals surface area contributed by atoms with Crippen LogP contribution in [0.2, 0.25) is 0 Å². The van der Waals surface area contributed by atoms with Crippen LogP contribution in [0.5, 0.6) is 11.5 Å². The highest BCUT2D eigenvalue weighted by molar-refractivity contribution is 5.92. The van der Waals surface area contributed by atoms with E-state index in [1.165, 1.54) is 31.4 Å². The first-order chi connectivity index (χ1) is 12.3. The van der Waals surface area contributed by atoms with Crippen LogP contribution in [0, 0.1) is 5.82 Å². The van der Waals surface area contributed by atoms with Crippen LogP contribution in [-0.4, -0.2) is 13.1 Å². The molecule has 0 aromatic heterocycles. The number of hydrogen-bond donors (Lipinski definition) is 0. The summed E-state index contributed by atoms with van der Waals surface area (Å²) in [7, 11) is 1.49. The Kier molecular flexibility index (Phi) is 4.54. The highest BCUT2D eigenvalue weighted by atomic mass is 19.4. The fraction of sp³-hybridized carbons (Fsp3) is 0.105. The lowest BCUT2D eigenvalue weighted by molar-refractivity contribution is -0.139. The molecule has 3 nitrogen and oxygen atoms in total. The summed E-state index contributed by atoms with van der Waals surface area (Å²) in [4.78, 5) is 12.1. The molecular formula is C19H12F4O3. The molecule has 0 N–H and O–H groups in total. The predicted molar refractivity (Wildman–Crippen MR) is 86.9 cm³/mol. The van der Waals surface area contributed by atoms with E-state index in [-0.39, 0.29) is 22.1 Å². The van der Waals surface area contributed by atoms with Crippen molar-refractivity contribution < 1.29 is 31.8 Å². The second-order valence-electron chi connectivity index (χ2n) is 5.43. The lowest BCUT2D eigenvalue weighted by Gasteiger charge is -2.11. The molecule has 3 aromatic carbocycles. The Bertz CT molecular complexity index is 963. The van der Waals surface area contributed by atoms with E-state index in [2.05, 4.69) is 0 Å². The quantitative estimate of drug-likeness (QED) is 0.363. The minimum absolute atomic E-state index is 0.0949. The lowest BCUT2D eigenvalue weighted by Crippen LogP contribution is -2.09. The van der Waals surface area contributed by atoms with Crippen LogP contribution in [-0.2, 0) is 6.18 Å². The molecule has 0 unspecified atom stereocenters. The predicted octanol–water partition coefficient (Wildman–Crippen LogP) is 5.23. The van der Waals surface area contributed by atoms with Crippen molar-refractivity contribution in [1.82, 2.24) is 0 Å². The molecule has 0 saturated carbocycles. The van der Waals surface area contributed by atoms with E-state index in [1.807, 2.05) is 0 Å². The summed E-state index contributed by atoms with van der Waals surface area (Å²) in [5, 5.41) is -0.0143. The minimum Gasteiger partial charge on any atom is -0.497 e. The van der Waals surface area contributed by atoms with Gasteiger partial charge < -0.3 is 9.47 Å². The lowest BCUT2D eigenvalue weighted by atomic mass is 10.1. The fourth-order valence-corrected chi connectivity index (χ4v) is 2.45. The highest BCUT2D eigenvalue weighted by Gasteiger charge is 2.34. The van der Waals surface area contributed by atoms with Gasteiger partial charge in [0.15, 0.2) is 0 Å². The molecule has 0 atom stereocenters. The zero-order valence-electron chi connectivity index (χ0n) is 13.4. The van der Waals surface area contributed by atoms with Crippen molar-refractivity contribution in [2.24, 2.45) is 0 Å². The van der Waals surface area contributed by atoms with E-state index in [1.54, 1.807) is 12.1 Å². The van der Waals surface area contributed by atoms with E-state index in [9.17, 15) is 22.4 Å². The maximum atomic E-state index is 14.1. The van der Waals surface area contributed by atoms with Gasteiger partial charge in [-0.2, -0.15) is 13.2 Å². The van der Waals surface area contributed by atoms with Crippen LogP contribution in [0.25, 0.3) is 10.8 Å². The van der Waals surface area contributed by atoms with E-state index in [4.69, 9.17) is 9.47 Å².